The average Bonchev–Trinajstić information content (AvgIpc) is 2.88. The van der Waals surface area contributed by atoms with E-state index in [0.717, 1.165) is 4.48 Å². The number of unbranched alkanes of at least 4 members (excludes halogenated alkanes) is 26. The van der Waals surface area contributed by atoms with E-state index in [1.165, 1.54) is 193 Å². The maximum absolute atomic E-state index is 2.58. The molecule has 0 spiro atoms. The number of nitrogens with zero attached hydrogens (tertiary/aromatic N) is 1. The lowest BCUT2D eigenvalue weighted by Crippen LogP contribution is -2.55. The Hall–Kier alpha value is -0.0400. The van der Waals surface area contributed by atoms with Crippen LogP contribution >= 0.6 is 0 Å². The quantitative estimate of drug-likeness (QED) is 0.0610. The van der Waals surface area contributed by atoms with Crippen molar-refractivity contribution in [3.05, 3.63) is 0 Å². The minimum absolute atomic E-state index is 0.453. The summed E-state index contributed by atoms with van der Waals surface area (Å²) in [5.41, 5.74) is 0.453. The van der Waals surface area contributed by atoms with Crippen LogP contribution in [0.2, 0.25) is 0 Å². The standard InChI is InChI=1S/C37H78N/c1-7-9-11-13-15-17-19-21-23-25-27-29-31-33-35-37(3,38(4,5)6)36-34-32-30-28-26-24-22-20-18-16-14-12-10-8-2/h7-36H2,1-6H3/q+1. The smallest absolute Gasteiger partial charge is 0.0957 e. The molecule has 0 aliphatic heterocycles. The van der Waals surface area contributed by atoms with Crippen LogP contribution in [0.15, 0.2) is 0 Å². The number of quaternary nitrogens is 1. The zero-order valence-electron chi connectivity index (χ0n) is 28.2. The molecule has 1 heteroatoms. The molecule has 0 saturated heterocycles. The molecule has 0 aliphatic rings. The van der Waals surface area contributed by atoms with Gasteiger partial charge in [0.1, 0.15) is 0 Å². The molecule has 0 bridgehead atoms. The Morgan fingerprint density at radius 2 is 0.500 bits per heavy atom. The molecule has 0 aromatic rings. The van der Waals surface area contributed by atoms with Gasteiger partial charge < -0.3 is 4.48 Å². The van der Waals surface area contributed by atoms with E-state index in [1.807, 2.05) is 0 Å². The number of hydrogen-bond acceptors (Lipinski definition) is 0. The molecular formula is C37H78N+. The first kappa shape index (κ1) is 38.0. The van der Waals surface area contributed by atoms with Gasteiger partial charge in [-0.2, -0.15) is 0 Å². The lowest BCUT2D eigenvalue weighted by Gasteiger charge is -2.44. The summed E-state index contributed by atoms with van der Waals surface area (Å²) in [5, 5.41) is 0. The van der Waals surface area contributed by atoms with Gasteiger partial charge in [0.25, 0.3) is 0 Å². The van der Waals surface area contributed by atoms with E-state index in [0.29, 0.717) is 5.54 Å². The van der Waals surface area contributed by atoms with Crippen LogP contribution in [0.5, 0.6) is 0 Å². The summed E-state index contributed by atoms with van der Waals surface area (Å²) in [4.78, 5) is 0. The fourth-order valence-corrected chi connectivity index (χ4v) is 6.20. The molecule has 38 heavy (non-hydrogen) atoms. The summed E-state index contributed by atoms with van der Waals surface area (Å²) >= 11 is 0. The molecule has 0 fully saturated rings. The lowest BCUT2D eigenvalue weighted by molar-refractivity contribution is -0.923. The lowest BCUT2D eigenvalue weighted by atomic mass is 9.85. The van der Waals surface area contributed by atoms with E-state index in [4.69, 9.17) is 0 Å². The first-order valence-electron chi connectivity index (χ1n) is 18.2. The van der Waals surface area contributed by atoms with Gasteiger partial charge >= 0.3 is 0 Å². The van der Waals surface area contributed by atoms with Crippen molar-refractivity contribution >= 4 is 0 Å². The summed E-state index contributed by atoms with van der Waals surface area (Å²) in [6.07, 6.45) is 43.7. The van der Waals surface area contributed by atoms with Gasteiger partial charge in [-0.3, -0.25) is 0 Å². The molecule has 0 aromatic heterocycles. The number of rotatable bonds is 31. The van der Waals surface area contributed by atoms with E-state index in [1.54, 1.807) is 0 Å². The molecular weight excluding hydrogens is 458 g/mol. The van der Waals surface area contributed by atoms with Gasteiger partial charge in [-0.25, -0.2) is 0 Å². The number of hydrogen-bond donors (Lipinski definition) is 0. The second-order valence-corrected chi connectivity index (χ2v) is 14.2. The van der Waals surface area contributed by atoms with Crippen molar-refractivity contribution in [1.82, 2.24) is 0 Å². The highest BCUT2D eigenvalue weighted by Crippen LogP contribution is 2.31. The van der Waals surface area contributed by atoms with Crippen LogP contribution in [-0.2, 0) is 0 Å². The van der Waals surface area contributed by atoms with E-state index in [9.17, 15) is 0 Å². The van der Waals surface area contributed by atoms with Gasteiger partial charge in [0.15, 0.2) is 0 Å². The van der Waals surface area contributed by atoms with Crippen LogP contribution in [0.4, 0.5) is 0 Å². The summed E-state index contributed by atoms with van der Waals surface area (Å²) in [6, 6.07) is 0. The van der Waals surface area contributed by atoms with E-state index >= 15 is 0 Å². The maximum atomic E-state index is 2.58. The third-order valence-electron chi connectivity index (χ3n) is 9.76. The Labute approximate surface area is 244 Å². The Balaban J connectivity index is 3.68. The van der Waals surface area contributed by atoms with E-state index < -0.39 is 0 Å². The van der Waals surface area contributed by atoms with Crippen LogP contribution < -0.4 is 0 Å². The molecule has 0 saturated carbocycles. The molecule has 1 nitrogen and oxygen atoms in total. The van der Waals surface area contributed by atoms with Crippen LogP contribution in [0.25, 0.3) is 0 Å². The highest BCUT2D eigenvalue weighted by atomic mass is 15.3. The fraction of sp³-hybridized carbons (Fsp3) is 1.00. The molecule has 0 radical (unpaired) electrons. The van der Waals surface area contributed by atoms with Crippen molar-refractivity contribution in [2.24, 2.45) is 0 Å². The van der Waals surface area contributed by atoms with Crippen molar-refractivity contribution in [3.8, 4) is 0 Å². The van der Waals surface area contributed by atoms with Crippen molar-refractivity contribution in [2.45, 2.75) is 219 Å². The molecule has 0 aliphatic carbocycles. The van der Waals surface area contributed by atoms with E-state index in [2.05, 4.69) is 41.9 Å². The van der Waals surface area contributed by atoms with Gasteiger partial charge in [0.05, 0.1) is 26.7 Å². The Morgan fingerprint density at radius 3 is 0.684 bits per heavy atom. The molecule has 0 rings (SSSR count). The zero-order chi connectivity index (χ0) is 28.2. The highest BCUT2D eigenvalue weighted by Gasteiger charge is 2.36. The monoisotopic (exact) mass is 537 g/mol. The van der Waals surface area contributed by atoms with Crippen LogP contribution in [0.1, 0.15) is 213 Å². The summed E-state index contributed by atoms with van der Waals surface area (Å²) < 4.78 is 1.13. The Kier molecular flexibility index (Phi) is 27.1. The second-order valence-electron chi connectivity index (χ2n) is 14.2. The molecule has 0 unspecified atom stereocenters. The molecule has 0 heterocycles. The summed E-state index contributed by atoms with van der Waals surface area (Å²) in [6.45, 7) is 7.20. The first-order valence-corrected chi connectivity index (χ1v) is 18.2. The highest BCUT2D eigenvalue weighted by molar-refractivity contribution is 4.75. The molecule has 0 aromatic carbocycles. The van der Waals surface area contributed by atoms with Gasteiger partial charge in [-0.05, 0) is 19.8 Å². The van der Waals surface area contributed by atoms with Gasteiger partial charge in [0.2, 0.25) is 0 Å². The zero-order valence-corrected chi connectivity index (χ0v) is 28.2. The maximum Gasteiger partial charge on any atom is 0.0957 e. The normalized spacial score (nSPS) is 12.5. The second kappa shape index (κ2) is 27.1. The SMILES string of the molecule is CCCCCCCCCCCCCCCCC(C)(CCCCCCCCCCCCCCCC)[N+](C)(C)C. The van der Waals surface area contributed by atoms with E-state index in [-0.39, 0.29) is 0 Å². The average molecular weight is 537 g/mol. The first-order chi connectivity index (χ1) is 18.4. The minimum atomic E-state index is 0.453. The third-order valence-corrected chi connectivity index (χ3v) is 9.76. The molecule has 0 N–H and O–H groups in total. The van der Waals surface area contributed by atoms with Crippen molar-refractivity contribution in [2.75, 3.05) is 21.1 Å². The third kappa shape index (κ3) is 23.8. The van der Waals surface area contributed by atoms with Crippen LogP contribution in [-0.4, -0.2) is 31.2 Å². The van der Waals surface area contributed by atoms with Gasteiger partial charge in [-0.15, -0.1) is 0 Å². The minimum Gasteiger partial charge on any atom is -0.326 e. The summed E-state index contributed by atoms with van der Waals surface area (Å²) in [5.74, 6) is 0. The predicted octanol–water partition coefficient (Wildman–Crippen LogP) is 13.2. The van der Waals surface area contributed by atoms with Gasteiger partial charge in [0, 0.05) is 12.8 Å². The van der Waals surface area contributed by atoms with Gasteiger partial charge in [-0.1, -0.05) is 181 Å². The molecule has 230 valence electrons. The Morgan fingerprint density at radius 1 is 0.316 bits per heavy atom. The fourth-order valence-electron chi connectivity index (χ4n) is 6.20. The molecule has 0 atom stereocenters. The predicted molar refractivity (Wildman–Crippen MR) is 176 cm³/mol. The summed E-state index contributed by atoms with van der Waals surface area (Å²) in [7, 11) is 7.31. The Bertz CT molecular complexity index is 416. The molecule has 0 amide bonds. The van der Waals surface area contributed by atoms with Crippen molar-refractivity contribution in [3.63, 3.8) is 0 Å². The van der Waals surface area contributed by atoms with Crippen LogP contribution in [0.3, 0.4) is 0 Å². The topological polar surface area (TPSA) is 0 Å². The van der Waals surface area contributed by atoms with Crippen LogP contribution in [0, 0.1) is 0 Å². The largest absolute Gasteiger partial charge is 0.326 e. The van der Waals surface area contributed by atoms with Crippen molar-refractivity contribution < 1.29 is 4.48 Å². The van der Waals surface area contributed by atoms with Crippen molar-refractivity contribution in [1.29, 1.82) is 0 Å².